The van der Waals surface area contributed by atoms with E-state index in [1.165, 1.54) is 0 Å². The zero-order chi connectivity index (χ0) is 23.7. The van der Waals surface area contributed by atoms with Gasteiger partial charge in [0, 0.05) is 0 Å². The normalized spacial score (nSPS) is 16.5. The Morgan fingerprint density at radius 3 is 2.06 bits per heavy atom. The molecule has 0 unspecified atom stereocenters. The van der Waals surface area contributed by atoms with Gasteiger partial charge in [0.25, 0.3) is 11.5 Å². The van der Waals surface area contributed by atoms with Crippen LogP contribution in [0.15, 0.2) is 27.6 Å². The number of carbonyl (C=O) groups is 3. The van der Waals surface area contributed by atoms with E-state index in [2.05, 4.69) is 5.10 Å². The first-order valence-electron chi connectivity index (χ1n) is 7.83. The van der Waals surface area contributed by atoms with Crippen molar-refractivity contribution in [2.75, 3.05) is 6.54 Å². The molecule has 1 aromatic rings. The van der Waals surface area contributed by atoms with Crippen molar-refractivity contribution in [1.29, 1.82) is 0 Å². The third kappa shape index (κ3) is 5.61. The second-order valence-electron chi connectivity index (χ2n) is 5.88. The average molecular weight is 456 g/mol. The first-order chi connectivity index (χ1) is 14.1. The number of nitrogens with zero attached hydrogens (tertiary/aromatic N) is 3. The van der Waals surface area contributed by atoms with E-state index in [1.54, 1.807) is 5.10 Å². The highest BCUT2D eigenvalue weighted by molar-refractivity contribution is 6.50. The molecule has 0 saturated carbocycles. The number of allylic oxidation sites excluding steroid dienone is 2. The molecule has 0 fully saturated rings. The number of alkyl halides is 6. The number of amides is 1. The lowest BCUT2D eigenvalue weighted by molar-refractivity contribution is -0.157. The predicted octanol–water partition coefficient (Wildman–Crippen LogP) is 1.22. The van der Waals surface area contributed by atoms with Crippen LogP contribution in [0.5, 0.6) is 0 Å². The summed E-state index contributed by atoms with van der Waals surface area (Å²) in [5, 5.41) is 22.7. The Balaban J connectivity index is 2.42. The lowest BCUT2D eigenvalue weighted by atomic mass is 10.1. The number of rotatable bonds is 6. The van der Waals surface area contributed by atoms with Crippen molar-refractivity contribution < 1.29 is 50.9 Å². The molecule has 16 heteroatoms. The molecule has 31 heavy (non-hydrogen) atoms. The number of carboxylic acids is 2. The topological polar surface area (TPSA) is 145 Å². The van der Waals surface area contributed by atoms with Crippen LogP contribution in [0.2, 0.25) is 0 Å². The van der Waals surface area contributed by atoms with Gasteiger partial charge in [-0.25, -0.2) is 19.3 Å². The molecule has 1 aliphatic heterocycles. The first-order valence-corrected chi connectivity index (χ1v) is 7.83. The maximum absolute atomic E-state index is 12.5. The number of carboxylic acid groups (broad SMARTS) is 2. The van der Waals surface area contributed by atoms with Crippen LogP contribution < -0.4 is 5.56 Å². The number of hydrazone groups is 1. The van der Waals surface area contributed by atoms with Crippen molar-refractivity contribution in [2.45, 2.75) is 18.9 Å². The number of aromatic amines is 1. The number of carbonyl (C=O) groups excluding carboxylic acids is 1. The van der Waals surface area contributed by atoms with E-state index in [0.29, 0.717) is 12.2 Å². The molecule has 0 bridgehead atoms. The lowest BCUT2D eigenvalue weighted by Gasteiger charge is -2.13. The molecule has 2 heterocycles. The van der Waals surface area contributed by atoms with Crippen molar-refractivity contribution in [1.82, 2.24) is 14.8 Å². The van der Waals surface area contributed by atoms with Crippen LogP contribution in [0.1, 0.15) is 16.1 Å². The smallest absolute Gasteiger partial charge is 0.408 e. The summed E-state index contributed by atoms with van der Waals surface area (Å²) >= 11 is 0. The van der Waals surface area contributed by atoms with Gasteiger partial charge in [0.2, 0.25) is 0 Å². The van der Waals surface area contributed by atoms with E-state index in [4.69, 9.17) is 10.2 Å². The van der Waals surface area contributed by atoms with Crippen molar-refractivity contribution in [3.8, 4) is 0 Å². The number of halogens is 6. The summed E-state index contributed by atoms with van der Waals surface area (Å²) in [5.41, 5.74) is -4.99. The van der Waals surface area contributed by atoms with Gasteiger partial charge >= 0.3 is 24.3 Å². The Morgan fingerprint density at radius 1 is 1.00 bits per heavy atom. The molecule has 0 aliphatic carbocycles. The van der Waals surface area contributed by atoms with Crippen LogP contribution in [0, 0.1) is 0 Å². The molecular formula is C15H10F6N4O6. The maximum atomic E-state index is 12.5. The fraction of sp³-hybridized carbons (Fsp3) is 0.267. The minimum Gasteiger partial charge on any atom is -0.477 e. The molecule has 2 rings (SSSR count). The molecule has 0 saturated heterocycles. The summed E-state index contributed by atoms with van der Waals surface area (Å²) in [6.07, 6.45) is -7.74. The third-order valence-electron chi connectivity index (χ3n) is 3.54. The number of aromatic nitrogens is 2. The fourth-order valence-electron chi connectivity index (χ4n) is 2.39. The van der Waals surface area contributed by atoms with Crippen LogP contribution in [-0.2, 0) is 16.1 Å². The van der Waals surface area contributed by atoms with Crippen LogP contribution in [0.25, 0.3) is 6.08 Å². The summed E-state index contributed by atoms with van der Waals surface area (Å²) in [7, 11) is 0. The zero-order valence-corrected chi connectivity index (χ0v) is 14.8. The van der Waals surface area contributed by atoms with Gasteiger partial charge in [0.1, 0.15) is 13.1 Å². The van der Waals surface area contributed by atoms with Crippen molar-refractivity contribution in [3.63, 3.8) is 0 Å². The molecule has 168 valence electrons. The van der Waals surface area contributed by atoms with E-state index in [-0.39, 0.29) is 9.69 Å². The predicted molar refractivity (Wildman–Crippen MR) is 88.0 cm³/mol. The number of nitrogens with one attached hydrogen (secondary N) is 1. The van der Waals surface area contributed by atoms with Gasteiger partial charge in [-0.05, 0) is 12.2 Å². The summed E-state index contributed by atoms with van der Waals surface area (Å²) in [5.74, 6) is -5.09. The molecular weight excluding hydrogens is 446 g/mol. The van der Waals surface area contributed by atoms with Gasteiger partial charge in [-0.2, -0.15) is 31.4 Å². The van der Waals surface area contributed by atoms with Crippen LogP contribution in [0.4, 0.5) is 26.3 Å². The first kappa shape index (κ1) is 23.4. The van der Waals surface area contributed by atoms with Crippen molar-refractivity contribution in [3.05, 3.63) is 39.3 Å². The highest BCUT2D eigenvalue weighted by Gasteiger charge is 2.40. The Bertz CT molecular complexity index is 1080. The van der Waals surface area contributed by atoms with Crippen molar-refractivity contribution >= 4 is 29.6 Å². The fourth-order valence-corrected chi connectivity index (χ4v) is 2.39. The molecule has 0 aromatic carbocycles. The van der Waals surface area contributed by atoms with Gasteiger partial charge in [0.05, 0.1) is 11.1 Å². The second-order valence-corrected chi connectivity index (χ2v) is 5.88. The van der Waals surface area contributed by atoms with E-state index in [9.17, 15) is 45.5 Å². The monoisotopic (exact) mass is 456 g/mol. The molecule has 10 nitrogen and oxygen atoms in total. The summed E-state index contributed by atoms with van der Waals surface area (Å²) in [4.78, 5) is 46.3. The molecule has 1 aliphatic rings. The minimum absolute atomic E-state index is 0.0355. The van der Waals surface area contributed by atoms with E-state index in [0.717, 1.165) is 6.08 Å². The number of hydrogen-bond donors (Lipinski definition) is 3. The van der Waals surface area contributed by atoms with Gasteiger partial charge in [-0.15, -0.1) is 0 Å². The van der Waals surface area contributed by atoms with E-state index < -0.39 is 71.4 Å². The SMILES string of the molecule is O=C(O)C1=NN(CC(F)(F)F)C(=O)/C1=C/C=C/c1c(C(=O)O)[nH]n(CC(F)(F)F)c1=O. The summed E-state index contributed by atoms with van der Waals surface area (Å²) in [6, 6.07) is 0. The zero-order valence-electron chi connectivity index (χ0n) is 14.8. The van der Waals surface area contributed by atoms with Crippen molar-refractivity contribution in [2.24, 2.45) is 5.10 Å². The van der Waals surface area contributed by atoms with Crippen LogP contribution in [-0.4, -0.2) is 67.5 Å². The molecule has 3 N–H and O–H groups in total. The Labute approximate surface area is 166 Å². The Hall–Kier alpha value is -3.85. The highest BCUT2D eigenvalue weighted by Crippen LogP contribution is 2.23. The van der Waals surface area contributed by atoms with E-state index in [1.807, 2.05) is 0 Å². The number of hydrogen-bond acceptors (Lipinski definition) is 5. The number of H-pyrrole nitrogens is 1. The van der Waals surface area contributed by atoms with E-state index >= 15 is 0 Å². The molecule has 1 amide bonds. The molecule has 0 spiro atoms. The van der Waals surface area contributed by atoms with Gasteiger partial charge in [-0.1, -0.05) is 6.08 Å². The Morgan fingerprint density at radius 2 is 1.58 bits per heavy atom. The van der Waals surface area contributed by atoms with Gasteiger partial charge in [-0.3, -0.25) is 14.7 Å². The largest absolute Gasteiger partial charge is 0.477 e. The molecule has 1 aromatic heterocycles. The second kappa shape index (κ2) is 8.11. The average Bonchev–Trinajstić information content (AvgIpc) is 3.05. The number of aliphatic carboxylic acids is 1. The third-order valence-corrected chi connectivity index (χ3v) is 3.54. The quantitative estimate of drug-likeness (QED) is 0.434. The summed E-state index contributed by atoms with van der Waals surface area (Å²) < 4.78 is 74.9. The number of aromatic carboxylic acids is 1. The highest BCUT2D eigenvalue weighted by atomic mass is 19.4. The minimum atomic E-state index is -4.89. The molecule has 0 radical (unpaired) electrons. The maximum Gasteiger partial charge on any atom is 0.408 e. The Kier molecular flexibility index (Phi) is 6.13. The lowest BCUT2D eigenvalue weighted by Crippen LogP contribution is -2.32. The summed E-state index contributed by atoms with van der Waals surface area (Å²) in [6.45, 7) is -3.71. The van der Waals surface area contributed by atoms with Gasteiger partial charge < -0.3 is 10.2 Å². The standard InChI is InChI=1S/C15H10F6N4O6/c16-14(17,18)4-24-10(26)6(8(22-24)12(28)29)2-1-3-7-9(13(30)31)23-25(11(7)27)5-15(19,20)21/h1-3,22H,4-5H2,(H,28,29)(H,30,31)/b2-1+,7-3+. The van der Waals surface area contributed by atoms with Crippen LogP contribution >= 0.6 is 0 Å². The van der Waals surface area contributed by atoms with Crippen LogP contribution in [0.3, 0.4) is 0 Å². The molecule has 0 atom stereocenters. The van der Waals surface area contributed by atoms with Gasteiger partial charge in [0.15, 0.2) is 11.4 Å².